The summed E-state index contributed by atoms with van der Waals surface area (Å²) >= 11 is 0. The number of aromatic amines is 1. The smallest absolute Gasteiger partial charge is 0.326 e. The number of nitrogens with one attached hydrogen (secondary N) is 4. The van der Waals surface area contributed by atoms with E-state index in [2.05, 4.69) is 25.9 Å². The summed E-state index contributed by atoms with van der Waals surface area (Å²) in [4.78, 5) is 69.4. The van der Waals surface area contributed by atoms with Gasteiger partial charge in [-0.15, -0.1) is 0 Å². The second kappa shape index (κ2) is 18.1. The van der Waals surface area contributed by atoms with E-state index in [0.29, 0.717) is 24.9 Å². The monoisotopic (exact) mass is 617 g/mol. The second-order valence-electron chi connectivity index (χ2n) is 10.4. The van der Waals surface area contributed by atoms with E-state index in [4.69, 9.17) is 28.0 Å². The van der Waals surface area contributed by atoms with Crippen molar-refractivity contribution in [3.63, 3.8) is 0 Å². The molecular weight excluding hydrogens is 574 g/mol. The molecule has 0 saturated heterocycles. The first kappa shape index (κ1) is 35.5. The third-order valence-corrected chi connectivity index (χ3v) is 6.88. The highest BCUT2D eigenvalue weighted by molar-refractivity contribution is 5.94. The number of aliphatic imine (C=N–C) groups is 1. The van der Waals surface area contributed by atoms with E-state index in [0.717, 1.165) is 10.9 Å². The molecule has 4 unspecified atom stereocenters. The Morgan fingerprint density at radius 1 is 0.841 bits per heavy atom. The van der Waals surface area contributed by atoms with Crippen molar-refractivity contribution in [2.45, 2.75) is 75.5 Å². The molecular formula is C28H43N9O7. The molecule has 16 heteroatoms. The number of benzene rings is 1. The van der Waals surface area contributed by atoms with Gasteiger partial charge in [0.1, 0.15) is 18.1 Å². The number of guanidine groups is 1. The molecule has 0 aliphatic heterocycles. The highest BCUT2D eigenvalue weighted by atomic mass is 16.4. The number of nitrogens with two attached hydrogens (primary N) is 4. The average molecular weight is 618 g/mol. The molecule has 0 aliphatic rings. The van der Waals surface area contributed by atoms with Crippen LogP contribution in [0.5, 0.6) is 0 Å². The van der Waals surface area contributed by atoms with Crippen LogP contribution >= 0.6 is 0 Å². The van der Waals surface area contributed by atoms with Crippen LogP contribution in [-0.2, 0) is 30.4 Å². The third kappa shape index (κ3) is 11.9. The Labute approximate surface area is 254 Å². The number of unbranched alkanes of at least 4 members (excludes halogenated alkanes) is 1. The number of nitrogens with zero attached hydrogens (tertiary/aromatic N) is 1. The van der Waals surface area contributed by atoms with Crippen molar-refractivity contribution in [3.05, 3.63) is 36.0 Å². The van der Waals surface area contributed by atoms with E-state index in [1.165, 1.54) is 0 Å². The van der Waals surface area contributed by atoms with Crippen molar-refractivity contribution in [1.29, 1.82) is 0 Å². The molecule has 1 aromatic carbocycles. The van der Waals surface area contributed by atoms with Gasteiger partial charge in [-0.1, -0.05) is 18.2 Å². The van der Waals surface area contributed by atoms with Gasteiger partial charge in [-0.05, 0) is 56.7 Å². The number of carboxylic acid groups (broad SMARTS) is 2. The molecule has 4 atom stereocenters. The van der Waals surface area contributed by atoms with Gasteiger partial charge >= 0.3 is 11.9 Å². The lowest BCUT2D eigenvalue weighted by atomic mass is 10.0. The molecule has 2 aromatic rings. The number of amides is 3. The first-order chi connectivity index (χ1) is 20.9. The first-order valence-electron chi connectivity index (χ1n) is 14.3. The summed E-state index contributed by atoms with van der Waals surface area (Å²) < 4.78 is 0. The van der Waals surface area contributed by atoms with Crippen LogP contribution in [0.15, 0.2) is 35.5 Å². The Morgan fingerprint density at radius 3 is 2.07 bits per heavy atom. The second-order valence-corrected chi connectivity index (χ2v) is 10.4. The number of rotatable bonds is 20. The van der Waals surface area contributed by atoms with Crippen LogP contribution < -0.4 is 38.9 Å². The normalized spacial score (nSPS) is 13.7. The van der Waals surface area contributed by atoms with Crippen LogP contribution in [0.2, 0.25) is 0 Å². The summed E-state index contributed by atoms with van der Waals surface area (Å²) in [6.45, 7) is 0.498. The summed E-state index contributed by atoms with van der Waals surface area (Å²) in [5, 5.41) is 27.3. The number of para-hydroxylation sites is 1. The number of H-pyrrole nitrogens is 1. The van der Waals surface area contributed by atoms with Gasteiger partial charge < -0.3 is 54.1 Å². The number of carbonyl (C=O) groups is 5. The van der Waals surface area contributed by atoms with Crippen molar-refractivity contribution in [1.82, 2.24) is 20.9 Å². The maximum Gasteiger partial charge on any atom is 0.326 e. The minimum atomic E-state index is -1.31. The molecule has 0 fully saturated rings. The minimum Gasteiger partial charge on any atom is -0.481 e. The topological polar surface area (TPSA) is 294 Å². The van der Waals surface area contributed by atoms with E-state index in [-0.39, 0.29) is 51.0 Å². The zero-order valence-corrected chi connectivity index (χ0v) is 24.5. The maximum absolute atomic E-state index is 13.4. The molecule has 0 bridgehead atoms. The molecule has 1 aromatic heterocycles. The summed E-state index contributed by atoms with van der Waals surface area (Å²) in [5.41, 5.74) is 23.6. The average Bonchev–Trinajstić information content (AvgIpc) is 3.38. The fraction of sp³-hybridized carbons (Fsp3) is 0.500. The molecule has 2 rings (SSSR count). The highest BCUT2D eigenvalue weighted by Gasteiger charge is 2.30. The molecule has 3 amide bonds. The van der Waals surface area contributed by atoms with Crippen molar-refractivity contribution < 1.29 is 34.2 Å². The first-order valence-corrected chi connectivity index (χ1v) is 14.3. The zero-order valence-electron chi connectivity index (χ0n) is 24.5. The van der Waals surface area contributed by atoms with Crippen LogP contribution in [0.25, 0.3) is 10.9 Å². The quantitative estimate of drug-likeness (QED) is 0.0469. The predicted molar refractivity (Wildman–Crippen MR) is 163 cm³/mol. The maximum atomic E-state index is 13.4. The van der Waals surface area contributed by atoms with E-state index >= 15 is 0 Å². The Morgan fingerprint density at radius 2 is 1.45 bits per heavy atom. The van der Waals surface area contributed by atoms with E-state index in [9.17, 15) is 29.1 Å². The van der Waals surface area contributed by atoms with Gasteiger partial charge in [0.2, 0.25) is 17.7 Å². The molecule has 16 nitrogen and oxygen atoms in total. The van der Waals surface area contributed by atoms with Gasteiger partial charge in [0.15, 0.2) is 5.96 Å². The van der Waals surface area contributed by atoms with E-state index in [1.54, 1.807) is 6.20 Å². The Balaban J connectivity index is 2.21. The van der Waals surface area contributed by atoms with Crippen molar-refractivity contribution in [2.75, 3.05) is 13.1 Å². The van der Waals surface area contributed by atoms with Crippen molar-refractivity contribution in [3.8, 4) is 0 Å². The van der Waals surface area contributed by atoms with Crippen LogP contribution in [-0.4, -0.2) is 88.1 Å². The number of aliphatic carboxylic acids is 2. The molecule has 0 aliphatic carbocycles. The number of hydrogen-bond acceptors (Lipinski definition) is 8. The lowest BCUT2D eigenvalue weighted by molar-refractivity contribution is -0.142. The largest absolute Gasteiger partial charge is 0.481 e. The van der Waals surface area contributed by atoms with Gasteiger partial charge in [0, 0.05) is 36.5 Å². The molecule has 0 saturated carbocycles. The summed E-state index contributed by atoms with van der Waals surface area (Å²) in [5.74, 6) is -4.72. The molecule has 44 heavy (non-hydrogen) atoms. The highest BCUT2D eigenvalue weighted by Crippen LogP contribution is 2.19. The Kier molecular flexibility index (Phi) is 14.6. The van der Waals surface area contributed by atoms with E-state index < -0.39 is 53.8 Å². The van der Waals surface area contributed by atoms with E-state index in [1.807, 2.05) is 24.3 Å². The lowest BCUT2D eigenvalue weighted by Crippen LogP contribution is -2.57. The number of carboxylic acids is 2. The standard InChI is InChI=1S/C28H43N9O7/c29-12-4-3-8-20(35-24(40)18(30)10-11-23(38)39)25(41)36-21(9-5-13-33-28(31)32)26(42)37-22(27(43)44)14-16-15-34-19-7-2-1-6-17(16)19/h1-2,6-7,15,18,20-22,34H,3-5,8-14,29-30H2,(H,35,40)(H,36,41)(H,37,42)(H,38,39)(H,43,44)(H4,31,32,33). The summed E-state index contributed by atoms with van der Waals surface area (Å²) in [7, 11) is 0. The van der Waals surface area contributed by atoms with Gasteiger partial charge in [-0.2, -0.15) is 0 Å². The molecule has 0 spiro atoms. The van der Waals surface area contributed by atoms with Gasteiger partial charge in [0.05, 0.1) is 6.04 Å². The summed E-state index contributed by atoms with van der Waals surface area (Å²) in [6, 6.07) is 2.54. The molecule has 242 valence electrons. The number of fused-ring (bicyclic) bond motifs is 1. The fourth-order valence-electron chi connectivity index (χ4n) is 4.49. The fourth-order valence-corrected chi connectivity index (χ4v) is 4.49. The summed E-state index contributed by atoms with van der Waals surface area (Å²) in [6.07, 6.45) is 2.69. The number of aromatic nitrogens is 1. The zero-order chi connectivity index (χ0) is 32.6. The van der Waals surface area contributed by atoms with Gasteiger partial charge in [-0.3, -0.25) is 24.2 Å². The SMILES string of the molecule is NCCCCC(NC(=O)C(N)CCC(=O)O)C(=O)NC(CCCN=C(N)N)C(=O)NC(Cc1c[nH]c2ccccc12)C(=O)O. The van der Waals surface area contributed by atoms with Crippen LogP contribution in [0.1, 0.15) is 50.5 Å². The predicted octanol–water partition coefficient (Wildman–Crippen LogP) is -1.38. The Bertz CT molecular complexity index is 1310. The van der Waals surface area contributed by atoms with Crippen LogP contribution in [0.3, 0.4) is 0 Å². The molecule has 1 heterocycles. The number of carbonyl (C=O) groups excluding carboxylic acids is 3. The molecule has 0 radical (unpaired) electrons. The Hall–Kier alpha value is -4.70. The number of hydrogen-bond donors (Lipinski definition) is 10. The molecule has 14 N–H and O–H groups in total. The van der Waals surface area contributed by atoms with Gasteiger partial charge in [-0.25, -0.2) is 4.79 Å². The third-order valence-electron chi connectivity index (χ3n) is 6.88. The minimum absolute atomic E-state index is 0.0221. The van der Waals surface area contributed by atoms with Crippen LogP contribution in [0.4, 0.5) is 0 Å². The van der Waals surface area contributed by atoms with Gasteiger partial charge in [0.25, 0.3) is 0 Å². The van der Waals surface area contributed by atoms with Crippen molar-refractivity contribution in [2.24, 2.45) is 27.9 Å². The lowest BCUT2D eigenvalue weighted by Gasteiger charge is -2.25. The van der Waals surface area contributed by atoms with Crippen molar-refractivity contribution >= 4 is 46.5 Å². The van der Waals surface area contributed by atoms with Crippen LogP contribution in [0, 0.1) is 0 Å².